The fraction of sp³-hybridized carbons (Fsp3) is 0.517. The SMILES string of the molecule is CNCC(=O)N[C@H](Cc1ccc(Cl)cc1Cl)C(=O)N1CCN(c2ccc(C(F)(F)F)cc2CNC(C)COC)C[C@H]1C. The summed E-state index contributed by atoms with van der Waals surface area (Å²) < 4.78 is 45.7. The van der Waals surface area contributed by atoms with Crippen molar-refractivity contribution in [3.05, 3.63) is 63.1 Å². The first-order chi connectivity index (χ1) is 19.8. The number of ether oxygens (including phenoxy) is 1. The second kappa shape index (κ2) is 15.2. The van der Waals surface area contributed by atoms with E-state index in [-0.39, 0.29) is 43.4 Å². The quantitative estimate of drug-likeness (QED) is 0.327. The van der Waals surface area contributed by atoms with E-state index in [4.69, 9.17) is 27.9 Å². The summed E-state index contributed by atoms with van der Waals surface area (Å²) in [4.78, 5) is 30.0. The Bertz CT molecular complexity index is 1230. The van der Waals surface area contributed by atoms with Crippen molar-refractivity contribution in [2.24, 2.45) is 0 Å². The highest BCUT2D eigenvalue weighted by Gasteiger charge is 2.35. The Labute approximate surface area is 254 Å². The molecule has 1 aliphatic rings. The van der Waals surface area contributed by atoms with Crippen LogP contribution in [0.1, 0.15) is 30.5 Å². The van der Waals surface area contributed by atoms with Gasteiger partial charge in [0.2, 0.25) is 11.8 Å². The summed E-state index contributed by atoms with van der Waals surface area (Å²) in [5, 5.41) is 9.67. The van der Waals surface area contributed by atoms with Crippen molar-refractivity contribution in [2.75, 3.05) is 51.8 Å². The molecule has 232 valence electrons. The van der Waals surface area contributed by atoms with Crippen molar-refractivity contribution in [1.82, 2.24) is 20.9 Å². The summed E-state index contributed by atoms with van der Waals surface area (Å²) in [5.41, 5.74) is 1.13. The van der Waals surface area contributed by atoms with Gasteiger partial charge in [0.15, 0.2) is 0 Å². The third-order valence-corrected chi connectivity index (χ3v) is 7.71. The molecule has 2 aromatic carbocycles. The first kappa shape index (κ1) is 33.9. The van der Waals surface area contributed by atoms with Crippen LogP contribution in [-0.4, -0.2) is 81.8 Å². The maximum Gasteiger partial charge on any atom is 0.416 e. The molecule has 42 heavy (non-hydrogen) atoms. The van der Waals surface area contributed by atoms with Crippen LogP contribution in [0, 0.1) is 0 Å². The largest absolute Gasteiger partial charge is 0.416 e. The zero-order valence-electron chi connectivity index (χ0n) is 24.2. The van der Waals surface area contributed by atoms with Crippen LogP contribution >= 0.6 is 23.2 Å². The Morgan fingerprint density at radius 2 is 1.86 bits per heavy atom. The van der Waals surface area contributed by atoms with Crippen LogP contribution in [0.15, 0.2) is 36.4 Å². The third-order valence-electron chi connectivity index (χ3n) is 7.13. The number of hydrogen-bond acceptors (Lipinski definition) is 6. The minimum absolute atomic E-state index is 0.0369. The van der Waals surface area contributed by atoms with E-state index in [1.807, 2.05) is 18.7 Å². The maximum atomic E-state index is 13.8. The molecule has 1 heterocycles. The lowest BCUT2D eigenvalue weighted by atomic mass is 10.0. The van der Waals surface area contributed by atoms with E-state index in [2.05, 4.69) is 16.0 Å². The molecule has 1 aliphatic heterocycles. The highest BCUT2D eigenvalue weighted by Crippen LogP contribution is 2.34. The highest BCUT2D eigenvalue weighted by atomic mass is 35.5. The van der Waals surface area contributed by atoms with Gasteiger partial charge >= 0.3 is 6.18 Å². The second-order valence-electron chi connectivity index (χ2n) is 10.5. The summed E-state index contributed by atoms with van der Waals surface area (Å²) in [6, 6.07) is 7.53. The fourth-order valence-corrected chi connectivity index (χ4v) is 5.51. The van der Waals surface area contributed by atoms with Gasteiger partial charge in [0.05, 0.1) is 18.7 Å². The number of nitrogens with one attached hydrogen (secondary N) is 3. The first-order valence-electron chi connectivity index (χ1n) is 13.7. The summed E-state index contributed by atoms with van der Waals surface area (Å²) in [5.74, 6) is -0.600. The summed E-state index contributed by atoms with van der Waals surface area (Å²) in [6.07, 6.45) is -4.30. The van der Waals surface area contributed by atoms with E-state index in [0.717, 1.165) is 6.07 Å². The van der Waals surface area contributed by atoms with Crippen molar-refractivity contribution in [3.8, 4) is 0 Å². The lowest BCUT2D eigenvalue weighted by molar-refractivity contribution is -0.138. The predicted octanol–water partition coefficient (Wildman–Crippen LogP) is 4.12. The fourth-order valence-electron chi connectivity index (χ4n) is 5.02. The lowest BCUT2D eigenvalue weighted by Gasteiger charge is -2.43. The van der Waals surface area contributed by atoms with E-state index in [9.17, 15) is 22.8 Å². The molecule has 2 amide bonds. The van der Waals surface area contributed by atoms with Gasteiger partial charge in [0, 0.05) is 67.5 Å². The Balaban J connectivity index is 1.80. The number of halogens is 5. The molecule has 0 aliphatic carbocycles. The van der Waals surface area contributed by atoms with Crippen LogP contribution in [0.3, 0.4) is 0 Å². The number of anilines is 1. The summed E-state index contributed by atoms with van der Waals surface area (Å²) in [6.45, 7) is 5.58. The van der Waals surface area contributed by atoms with Gasteiger partial charge in [-0.05, 0) is 62.4 Å². The number of carbonyl (C=O) groups excluding carboxylic acids is 2. The van der Waals surface area contributed by atoms with Crippen molar-refractivity contribution in [2.45, 2.75) is 51.1 Å². The van der Waals surface area contributed by atoms with Crippen LogP contribution in [-0.2, 0) is 33.5 Å². The molecule has 8 nitrogen and oxygen atoms in total. The minimum Gasteiger partial charge on any atom is -0.383 e. The van der Waals surface area contributed by atoms with Crippen molar-refractivity contribution in [1.29, 1.82) is 0 Å². The minimum atomic E-state index is -4.47. The number of methoxy groups -OCH3 is 1. The average molecular weight is 633 g/mol. The number of rotatable bonds is 12. The van der Waals surface area contributed by atoms with Gasteiger partial charge in [-0.2, -0.15) is 13.2 Å². The van der Waals surface area contributed by atoms with Crippen LogP contribution in [0.2, 0.25) is 10.0 Å². The Kier molecular flexibility index (Phi) is 12.3. The molecule has 3 rings (SSSR count). The first-order valence-corrected chi connectivity index (χ1v) is 14.4. The molecule has 1 fully saturated rings. The number of likely N-dealkylation sites (N-methyl/N-ethyl adjacent to an activating group) is 1. The standard InChI is InChI=1S/C29H38Cl2F3N5O3/c1-18(17-42-4)36-14-21-11-22(29(32,33)34)6-8-26(21)38-9-10-39(19(2)16-38)28(41)25(37-27(40)15-35-3)12-20-5-7-23(30)13-24(20)31/h5-8,11,13,18-19,25,35-36H,9-10,12,14-17H2,1-4H3,(H,37,40)/t18?,19-,25-/m1/s1. The molecule has 0 saturated carbocycles. The number of benzene rings is 2. The molecule has 0 bridgehead atoms. The van der Waals surface area contributed by atoms with Gasteiger partial charge in [-0.1, -0.05) is 29.3 Å². The maximum absolute atomic E-state index is 13.8. The van der Waals surface area contributed by atoms with E-state index >= 15 is 0 Å². The number of piperazine rings is 1. The molecular weight excluding hydrogens is 594 g/mol. The molecule has 0 aromatic heterocycles. The van der Waals surface area contributed by atoms with Gasteiger partial charge in [-0.15, -0.1) is 0 Å². The molecular formula is C29H38Cl2F3N5O3. The van der Waals surface area contributed by atoms with E-state index in [0.29, 0.717) is 53.1 Å². The summed E-state index contributed by atoms with van der Waals surface area (Å²) in [7, 11) is 3.20. The summed E-state index contributed by atoms with van der Waals surface area (Å²) >= 11 is 12.4. The molecule has 1 saturated heterocycles. The molecule has 13 heteroatoms. The van der Waals surface area contributed by atoms with E-state index < -0.39 is 17.8 Å². The molecule has 1 unspecified atom stereocenters. The second-order valence-corrected chi connectivity index (χ2v) is 11.3. The smallest absolute Gasteiger partial charge is 0.383 e. The molecule has 0 radical (unpaired) electrons. The van der Waals surface area contributed by atoms with Crippen molar-refractivity contribution < 1.29 is 27.5 Å². The van der Waals surface area contributed by atoms with Gasteiger partial charge in [-0.25, -0.2) is 0 Å². The van der Waals surface area contributed by atoms with Crippen LogP contribution in [0.25, 0.3) is 0 Å². The van der Waals surface area contributed by atoms with Gasteiger partial charge in [0.1, 0.15) is 6.04 Å². The molecule has 2 aromatic rings. The van der Waals surface area contributed by atoms with Crippen LogP contribution in [0.5, 0.6) is 0 Å². The molecule has 3 atom stereocenters. The van der Waals surface area contributed by atoms with Crippen LogP contribution in [0.4, 0.5) is 18.9 Å². The number of amides is 2. The topological polar surface area (TPSA) is 85.9 Å². The monoisotopic (exact) mass is 631 g/mol. The van der Waals surface area contributed by atoms with Crippen LogP contribution < -0.4 is 20.9 Å². The third kappa shape index (κ3) is 9.21. The van der Waals surface area contributed by atoms with Gasteiger partial charge in [-0.3, -0.25) is 9.59 Å². The zero-order chi connectivity index (χ0) is 31.0. The number of alkyl halides is 3. The van der Waals surface area contributed by atoms with Gasteiger partial charge < -0.3 is 30.5 Å². The number of hydrogen-bond donors (Lipinski definition) is 3. The Morgan fingerprint density at radius 3 is 2.48 bits per heavy atom. The number of nitrogens with zero attached hydrogens (tertiary/aromatic N) is 2. The zero-order valence-corrected chi connectivity index (χ0v) is 25.7. The highest BCUT2D eigenvalue weighted by molar-refractivity contribution is 6.35. The van der Waals surface area contributed by atoms with Crippen molar-refractivity contribution >= 4 is 40.7 Å². The Hall–Kier alpha value is -2.57. The molecule has 3 N–H and O–H groups in total. The van der Waals surface area contributed by atoms with Crippen molar-refractivity contribution in [3.63, 3.8) is 0 Å². The molecule has 0 spiro atoms. The Morgan fingerprint density at radius 1 is 1.12 bits per heavy atom. The normalized spacial score (nSPS) is 17.2. The van der Waals surface area contributed by atoms with E-state index in [1.165, 1.54) is 12.1 Å². The average Bonchev–Trinajstić information content (AvgIpc) is 2.92. The lowest BCUT2D eigenvalue weighted by Crippen LogP contribution is -2.59. The van der Waals surface area contributed by atoms with E-state index in [1.54, 1.807) is 37.3 Å². The predicted molar refractivity (Wildman–Crippen MR) is 159 cm³/mol. The number of carbonyl (C=O) groups is 2. The van der Waals surface area contributed by atoms with Gasteiger partial charge in [0.25, 0.3) is 0 Å².